The molecule has 0 bridgehead atoms. The van der Waals surface area contributed by atoms with Crippen molar-refractivity contribution in [1.82, 2.24) is 15.1 Å². The molecule has 2 rings (SSSR count). The van der Waals surface area contributed by atoms with Crippen LogP contribution in [0.3, 0.4) is 0 Å². The van der Waals surface area contributed by atoms with Crippen LogP contribution in [0, 0.1) is 12.8 Å². The number of hydrogen-bond acceptors (Lipinski definition) is 3. The highest BCUT2D eigenvalue weighted by molar-refractivity contribution is 6.30. The maximum atomic E-state index is 6.30. The van der Waals surface area contributed by atoms with Crippen LogP contribution in [-0.4, -0.2) is 35.6 Å². The molecule has 1 aliphatic heterocycles. The standard InChI is InChI=1S/C13H22ClN3O/c1-4-15-12-5-6-18-8-10(12)7-11-9(2)16-17(3)13(11)14/h10,12,15H,4-8H2,1-3H3. The lowest BCUT2D eigenvalue weighted by Gasteiger charge is -2.32. The molecule has 1 saturated heterocycles. The highest BCUT2D eigenvalue weighted by Crippen LogP contribution is 2.26. The van der Waals surface area contributed by atoms with Crippen LogP contribution in [0.15, 0.2) is 0 Å². The van der Waals surface area contributed by atoms with E-state index < -0.39 is 0 Å². The summed E-state index contributed by atoms with van der Waals surface area (Å²) in [6.07, 6.45) is 2.02. The molecule has 18 heavy (non-hydrogen) atoms. The first kappa shape index (κ1) is 13.8. The quantitative estimate of drug-likeness (QED) is 0.910. The van der Waals surface area contributed by atoms with Gasteiger partial charge in [0.15, 0.2) is 0 Å². The normalized spacial score (nSPS) is 24.4. The highest BCUT2D eigenvalue weighted by Gasteiger charge is 2.27. The number of nitrogens with one attached hydrogen (secondary N) is 1. The van der Waals surface area contributed by atoms with E-state index in [0.29, 0.717) is 12.0 Å². The fourth-order valence-electron chi connectivity index (χ4n) is 2.70. The Morgan fingerprint density at radius 1 is 1.56 bits per heavy atom. The van der Waals surface area contributed by atoms with Gasteiger partial charge in [-0.15, -0.1) is 0 Å². The molecule has 1 N–H and O–H groups in total. The van der Waals surface area contributed by atoms with Gasteiger partial charge in [0.2, 0.25) is 0 Å². The minimum absolute atomic E-state index is 0.485. The maximum absolute atomic E-state index is 6.30. The molecule has 2 atom stereocenters. The van der Waals surface area contributed by atoms with Crippen molar-refractivity contribution in [2.24, 2.45) is 13.0 Å². The average molecular weight is 272 g/mol. The zero-order chi connectivity index (χ0) is 13.1. The van der Waals surface area contributed by atoms with Crippen LogP contribution in [0.1, 0.15) is 24.6 Å². The largest absolute Gasteiger partial charge is 0.381 e. The zero-order valence-corrected chi connectivity index (χ0v) is 12.1. The van der Waals surface area contributed by atoms with E-state index in [2.05, 4.69) is 17.3 Å². The molecule has 0 radical (unpaired) electrons. The van der Waals surface area contributed by atoms with E-state index in [0.717, 1.165) is 49.0 Å². The first-order chi connectivity index (χ1) is 8.63. The lowest BCUT2D eigenvalue weighted by molar-refractivity contribution is 0.0326. The zero-order valence-electron chi connectivity index (χ0n) is 11.4. The van der Waals surface area contributed by atoms with E-state index in [1.165, 1.54) is 0 Å². The van der Waals surface area contributed by atoms with E-state index in [-0.39, 0.29) is 0 Å². The van der Waals surface area contributed by atoms with Crippen LogP contribution >= 0.6 is 11.6 Å². The Morgan fingerprint density at radius 3 is 2.94 bits per heavy atom. The van der Waals surface area contributed by atoms with Crippen molar-refractivity contribution in [2.45, 2.75) is 32.7 Å². The van der Waals surface area contributed by atoms with Crippen molar-refractivity contribution in [3.8, 4) is 0 Å². The molecule has 2 unspecified atom stereocenters. The lowest BCUT2D eigenvalue weighted by atomic mass is 9.89. The molecule has 102 valence electrons. The van der Waals surface area contributed by atoms with Gasteiger partial charge < -0.3 is 10.1 Å². The SMILES string of the molecule is CCNC1CCOCC1Cc1c(C)nn(C)c1Cl. The number of hydrogen-bond donors (Lipinski definition) is 1. The van der Waals surface area contributed by atoms with E-state index in [1.807, 2.05) is 14.0 Å². The molecule has 5 heteroatoms. The van der Waals surface area contributed by atoms with Crippen LogP contribution in [-0.2, 0) is 18.2 Å². The Morgan fingerprint density at radius 2 is 2.33 bits per heavy atom. The van der Waals surface area contributed by atoms with Gasteiger partial charge >= 0.3 is 0 Å². The van der Waals surface area contributed by atoms with Crippen molar-refractivity contribution in [3.63, 3.8) is 0 Å². The molecule has 0 saturated carbocycles. The summed E-state index contributed by atoms with van der Waals surface area (Å²) >= 11 is 6.30. The molecule has 0 aromatic carbocycles. The third-order valence-electron chi connectivity index (χ3n) is 3.68. The molecule has 0 aliphatic carbocycles. The summed E-state index contributed by atoms with van der Waals surface area (Å²) in [5.74, 6) is 0.485. The molecule has 2 heterocycles. The monoisotopic (exact) mass is 271 g/mol. The third-order valence-corrected chi connectivity index (χ3v) is 4.15. The van der Waals surface area contributed by atoms with Crippen LogP contribution in [0.4, 0.5) is 0 Å². The summed E-state index contributed by atoms with van der Waals surface area (Å²) in [4.78, 5) is 0. The maximum Gasteiger partial charge on any atom is 0.130 e. The average Bonchev–Trinajstić information content (AvgIpc) is 2.59. The second kappa shape index (κ2) is 6.04. The van der Waals surface area contributed by atoms with E-state index >= 15 is 0 Å². The number of nitrogens with zero attached hydrogens (tertiary/aromatic N) is 2. The first-order valence-corrected chi connectivity index (χ1v) is 7.00. The topological polar surface area (TPSA) is 39.1 Å². The summed E-state index contributed by atoms with van der Waals surface area (Å²) in [6.45, 7) is 6.83. The van der Waals surface area contributed by atoms with Crippen molar-refractivity contribution in [2.75, 3.05) is 19.8 Å². The van der Waals surface area contributed by atoms with Gasteiger partial charge in [-0.2, -0.15) is 5.10 Å². The molecule has 1 aliphatic rings. The molecule has 0 spiro atoms. The number of ether oxygens (including phenoxy) is 1. The third kappa shape index (κ3) is 2.87. The number of halogens is 1. The van der Waals surface area contributed by atoms with E-state index in [9.17, 15) is 0 Å². The summed E-state index contributed by atoms with van der Waals surface area (Å²) < 4.78 is 7.36. The van der Waals surface area contributed by atoms with Gasteiger partial charge in [0.25, 0.3) is 0 Å². The van der Waals surface area contributed by atoms with Crippen LogP contribution in [0.5, 0.6) is 0 Å². The van der Waals surface area contributed by atoms with Gasteiger partial charge in [0, 0.05) is 31.2 Å². The van der Waals surface area contributed by atoms with Gasteiger partial charge in [0.05, 0.1) is 12.3 Å². The van der Waals surface area contributed by atoms with E-state index in [1.54, 1.807) is 4.68 Å². The lowest BCUT2D eigenvalue weighted by Crippen LogP contribution is -2.43. The highest BCUT2D eigenvalue weighted by atomic mass is 35.5. The molecule has 1 aromatic rings. The van der Waals surface area contributed by atoms with Crippen LogP contribution < -0.4 is 5.32 Å². The fraction of sp³-hybridized carbons (Fsp3) is 0.769. The first-order valence-electron chi connectivity index (χ1n) is 6.62. The van der Waals surface area contributed by atoms with Crippen LogP contribution in [0.25, 0.3) is 0 Å². The fourth-order valence-corrected chi connectivity index (χ4v) is 2.95. The molecule has 4 nitrogen and oxygen atoms in total. The summed E-state index contributed by atoms with van der Waals surface area (Å²) in [6, 6.07) is 0.527. The second-order valence-corrected chi connectivity index (χ2v) is 5.33. The Kier molecular flexibility index (Phi) is 4.65. The van der Waals surface area contributed by atoms with Crippen molar-refractivity contribution >= 4 is 11.6 Å². The number of aryl methyl sites for hydroxylation is 2. The van der Waals surface area contributed by atoms with Crippen LogP contribution in [0.2, 0.25) is 5.15 Å². The Labute approximate surface area is 114 Å². The molecular formula is C13H22ClN3O. The van der Waals surface area contributed by atoms with Crippen molar-refractivity contribution < 1.29 is 4.74 Å². The molecule has 1 fully saturated rings. The number of aromatic nitrogens is 2. The smallest absolute Gasteiger partial charge is 0.130 e. The molecule has 1 aromatic heterocycles. The number of rotatable bonds is 4. The van der Waals surface area contributed by atoms with E-state index in [4.69, 9.17) is 16.3 Å². The summed E-state index contributed by atoms with van der Waals surface area (Å²) in [7, 11) is 1.89. The predicted octanol–water partition coefficient (Wildman–Crippen LogP) is 1.94. The molecule has 0 amide bonds. The summed E-state index contributed by atoms with van der Waals surface area (Å²) in [5, 5.41) is 8.68. The van der Waals surface area contributed by atoms with Gasteiger partial charge in [-0.1, -0.05) is 18.5 Å². The second-order valence-electron chi connectivity index (χ2n) is 4.97. The minimum atomic E-state index is 0.485. The molecular weight excluding hydrogens is 250 g/mol. The van der Waals surface area contributed by atoms with Gasteiger partial charge in [-0.25, -0.2) is 0 Å². The summed E-state index contributed by atoms with van der Waals surface area (Å²) in [5.41, 5.74) is 2.20. The van der Waals surface area contributed by atoms with Gasteiger partial charge in [-0.3, -0.25) is 4.68 Å². The Bertz CT molecular complexity index is 403. The van der Waals surface area contributed by atoms with Gasteiger partial charge in [-0.05, 0) is 26.3 Å². The minimum Gasteiger partial charge on any atom is -0.381 e. The van der Waals surface area contributed by atoms with Gasteiger partial charge in [0.1, 0.15) is 5.15 Å². The van der Waals surface area contributed by atoms with Crippen molar-refractivity contribution in [1.29, 1.82) is 0 Å². The Balaban J connectivity index is 2.10. The Hall–Kier alpha value is -0.580. The predicted molar refractivity (Wildman–Crippen MR) is 73.0 cm³/mol. The van der Waals surface area contributed by atoms with Crippen molar-refractivity contribution in [3.05, 3.63) is 16.4 Å².